The van der Waals surface area contributed by atoms with Crippen molar-refractivity contribution in [1.82, 2.24) is 10.4 Å². The Kier molecular flexibility index (Phi) is 5.43. The van der Waals surface area contributed by atoms with Crippen LogP contribution in [0.15, 0.2) is 54.6 Å². The monoisotopic (exact) mass is 472 g/mol. The molecule has 0 saturated carbocycles. The standard InChI is InChI=1S/C22H21IN2O2/c23-21-8-7-15-3-1-2-4-19(15)20(21)10-12-25-11-9-16-13-17(22(26)24-27)5-6-18(16)14-25/h1-8,13,27H,9-12,14H2,(H,24,26). The number of hydroxylamine groups is 1. The highest BCUT2D eigenvalue weighted by Gasteiger charge is 2.18. The van der Waals surface area contributed by atoms with Crippen molar-refractivity contribution in [2.45, 2.75) is 19.4 Å². The Morgan fingerprint density at radius 3 is 2.81 bits per heavy atom. The lowest BCUT2D eigenvalue weighted by molar-refractivity contribution is 0.0706. The Labute approximate surface area is 172 Å². The third kappa shape index (κ3) is 3.85. The van der Waals surface area contributed by atoms with E-state index >= 15 is 0 Å². The first-order chi connectivity index (χ1) is 13.2. The van der Waals surface area contributed by atoms with Gasteiger partial charge in [0.2, 0.25) is 0 Å². The molecule has 0 atom stereocenters. The molecule has 1 aliphatic heterocycles. The summed E-state index contributed by atoms with van der Waals surface area (Å²) >= 11 is 2.44. The first-order valence-electron chi connectivity index (χ1n) is 9.10. The van der Waals surface area contributed by atoms with E-state index in [-0.39, 0.29) is 0 Å². The third-order valence-electron chi connectivity index (χ3n) is 5.32. The molecule has 0 bridgehead atoms. The minimum absolute atomic E-state index is 0.453. The van der Waals surface area contributed by atoms with Gasteiger partial charge in [-0.05, 0) is 81.1 Å². The summed E-state index contributed by atoms with van der Waals surface area (Å²) in [6.45, 7) is 2.90. The van der Waals surface area contributed by atoms with Crippen molar-refractivity contribution in [2.24, 2.45) is 0 Å². The molecule has 0 radical (unpaired) electrons. The smallest absolute Gasteiger partial charge is 0.274 e. The summed E-state index contributed by atoms with van der Waals surface area (Å²) in [5.41, 5.74) is 6.11. The van der Waals surface area contributed by atoms with Gasteiger partial charge in [0, 0.05) is 28.8 Å². The second kappa shape index (κ2) is 7.96. The molecule has 27 heavy (non-hydrogen) atoms. The molecule has 3 aromatic rings. The van der Waals surface area contributed by atoms with Crippen LogP contribution in [-0.2, 0) is 19.4 Å². The second-order valence-electron chi connectivity index (χ2n) is 6.95. The van der Waals surface area contributed by atoms with Gasteiger partial charge in [-0.3, -0.25) is 14.9 Å². The van der Waals surface area contributed by atoms with Crippen molar-refractivity contribution >= 4 is 39.3 Å². The van der Waals surface area contributed by atoms with E-state index in [1.54, 1.807) is 11.5 Å². The summed E-state index contributed by atoms with van der Waals surface area (Å²) in [5, 5.41) is 11.4. The molecule has 0 saturated heterocycles. The highest BCUT2D eigenvalue weighted by molar-refractivity contribution is 14.1. The van der Waals surface area contributed by atoms with Gasteiger partial charge >= 0.3 is 0 Å². The van der Waals surface area contributed by atoms with Crippen LogP contribution in [0.2, 0.25) is 0 Å². The minimum atomic E-state index is -0.453. The van der Waals surface area contributed by atoms with E-state index in [1.165, 1.54) is 31.0 Å². The maximum atomic E-state index is 11.6. The fourth-order valence-electron chi connectivity index (χ4n) is 3.84. The maximum Gasteiger partial charge on any atom is 0.274 e. The average Bonchev–Trinajstić information content (AvgIpc) is 2.72. The largest absolute Gasteiger partial charge is 0.298 e. The second-order valence-corrected chi connectivity index (χ2v) is 8.11. The van der Waals surface area contributed by atoms with Gasteiger partial charge in [-0.25, -0.2) is 5.48 Å². The van der Waals surface area contributed by atoms with Gasteiger partial charge in [-0.15, -0.1) is 0 Å². The molecule has 0 unspecified atom stereocenters. The highest BCUT2D eigenvalue weighted by atomic mass is 127. The summed E-state index contributed by atoms with van der Waals surface area (Å²) < 4.78 is 1.32. The van der Waals surface area contributed by atoms with E-state index in [2.05, 4.69) is 63.9 Å². The van der Waals surface area contributed by atoms with Gasteiger partial charge in [-0.2, -0.15) is 0 Å². The van der Waals surface area contributed by atoms with Gasteiger partial charge in [0.1, 0.15) is 0 Å². The van der Waals surface area contributed by atoms with Crippen LogP contribution >= 0.6 is 22.6 Å². The van der Waals surface area contributed by atoms with Crippen LogP contribution in [-0.4, -0.2) is 29.1 Å². The number of nitrogens with one attached hydrogen (secondary N) is 1. The summed E-state index contributed by atoms with van der Waals surface area (Å²) in [6, 6.07) is 18.7. The topological polar surface area (TPSA) is 52.6 Å². The molecule has 1 heterocycles. The van der Waals surface area contributed by atoms with Crippen LogP contribution in [0.3, 0.4) is 0 Å². The van der Waals surface area contributed by atoms with Crippen molar-refractivity contribution in [1.29, 1.82) is 0 Å². The van der Waals surface area contributed by atoms with E-state index in [0.29, 0.717) is 5.56 Å². The lowest BCUT2D eigenvalue weighted by Crippen LogP contribution is -2.32. The van der Waals surface area contributed by atoms with Gasteiger partial charge < -0.3 is 0 Å². The van der Waals surface area contributed by atoms with Crippen LogP contribution in [0.25, 0.3) is 10.8 Å². The minimum Gasteiger partial charge on any atom is -0.298 e. The highest BCUT2D eigenvalue weighted by Crippen LogP contribution is 2.26. The molecule has 3 aromatic carbocycles. The average molecular weight is 472 g/mol. The number of fused-ring (bicyclic) bond motifs is 2. The predicted octanol–water partition coefficient (Wildman–Crippen LogP) is 4.16. The quantitative estimate of drug-likeness (QED) is 0.341. The predicted molar refractivity (Wildman–Crippen MR) is 115 cm³/mol. The van der Waals surface area contributed by atoms with Crippen LogP contribution in [0.5, 0.6) is 0 Å². The summed E-state index contributed by atoms with van der Waals surface area (Å²) in [6.07, 6.45) is 1.95. The molecule has 0 spiro atoms. The van der Waals surface area contributed by atoms with Crippen molar-refractivity contribution in [3.05, 3.63) is 80.4 Å². The molecule has 1 aliphatic rings. The molecular formula is C22H21IN2O2. The molecule has 138 valence electrons. The fourth-order valence-corrected chi connectivity index (χ4v) is 4.58. The molecule has 1 amide bonds. The number of carbonyl (C=O) groups is 1. The molecule has 4 rings (SSSR count). The Bertz CT molecular complexity index is 1000. The Balaban J connectivity index is 1.48. The fraction of sp³-hybridized carbons (Fsp3) is 0.227. The third-order valence-corrected chi connectivity index (χ3v) is 6.33. The first-order valence-corrected chi connectivity index (χ1v) is 10.2. The molecule has 2 N–H and O–H groups in total. The van der Waals surface area contributed by atoms with Crippen molar-refractivity contribution in [3.8, 4) is 0 Å². The Morgan fingerprint density at radius 1 is 1.11 bits per heavy atom. The van der Waals surface area contributed by atoms with Gasteiger partial charge in [0.25, 0.3) is 5.91 Å². The van der Waals surface area contributed by atoms with Crippen molar-refractivity contribution in [3.63, 3.8) is 0 Å². The lowest BCUT2D eigenvalue weighted by atomic mass is 9.96. The van der Waals surface area contributed by atoms with Crippen LogP contribution in [0.1, 0.15) is 27.0 Å². The number of nitrogens with zero attached hydrogens (tertiary/aromatic N) is 1. The zero-order valence-corrected chi connectivity index (χ0v) is 17.1. The number of benzene rings is 3. The first kappa shape index (κ1) is 18.4. The van der Waals surface area contributed by atoms with E-state index in [0.717, 1.165) is 32.5 Å². The number of halogens is 1. The Morgan fingerprint density at radius 2 is 1.96 bits per heavy atom. The number of carbonyl (C=O) groups excluding carboxylic acids is 1. The van der Waals surface area contributed by atoms with Crippen molar-refractivity contribution in [2.75, 3.05) is 13.1 Å². The zero-order chi connectivity index (χ0) is 18.8. The van der Waals surface area contributed by atoms with E-state index in [1.807, 2.05) is 12.1 Å². The lowest BCUT2D eigenvalue weighted by Gasteiger charge is -2.29. The Hall–Kier alpha value is -1.96. The molecule has 0 aromatic heterocycles. The SMILES string of the molecule is O=C(NO)c1ccc2c(c1)CCN(CCc1c(I)ccc3ccccc13)C2. The summed E-state index contributed by atoms with van der Waals surface area (Å²) in [4.78, 5) is 14.1. The number of amides is 1. The van der Waals surface area contributed by atoms with E-state index < -0.39 is 5.91 Å². The molecule has 5 heteroatoms. The van der Waals surface area contributed by atoms with Crippen LogP contribution < -0.4 is 5.48 Å². The van der Waals surface area contributed by atoms with E-state index in [9.17, 15) is 4.79 Å². The number of rotatable bonds is 4. The summed E-state index contributed by atoms with van der Waals surface area (Å²) in [7, 11) is 0. The van der Waals surface area contributed by atoms with Gasteiger partial charge in [0.05, 0.1) is 0 Å². The normalized spacial score (nSPS) is 14.1. The number of hydrogen-bond acceptors (Lipinski definition) is 3. The summed E-state index contributed by atoms with van der Waals surface area (Å²) in [5.74, 6) is -0.453. The number of hydrogen-bond donors (Lipinski definition) is 2. The molecule has 0 aliphatic carbocycles. The molecular weight excluding hydrogens is 451 g/mol. The van der Waals surface area contributed by atoms with E-state index in [4.69, 9.17) is 5.21 Å². The van der Waals surface area contributed by atoms with Crippen LogP contribution in [0.4, 0.5) is 0 Å². The molecule has 4 nitrogen and oxygen atoms in total. The van der Waals surface area contributed by atoms with Gasteiger partial charge in [-0.1, -0.05) is 36.4 Å². The molecule has 0 fully saturated rings. The maximum absolute atomic E-state index is 11.6. The van der Waals surface area contributed by atoms with Crippen molar-refractivity contribution < 1.29 is 10.0 Å². The van der Waals surface area contributed by atoms with Crippen LogP contribution in [0, 0.1) is 3.57 Å². The zero-order valence-electron chi connectivity index (χ0n) is 14.9. The van der Waals surface area contributed by atoms with Gasteiger partial charge in [0.15, 0.2) is 0 Å².